The number of benzene rings is 1. The average molecular weight is 297 g/mol. The van der Waals surface area contributed by atoms with Gasteiger partial charge < -0.3 is 4.57 Å². The molecule has 4 heteroatoms. The lowest BCUT2D eigenvalue weighted by Crippen LogP contribution is -2.13. The van der Waals surface area contributed by atoms with Gasteiger partial charge in [0.15, 0.2) is 0 Å². The summed E-state index contributed by atoms with van der Waals surface area (Å²) in [5.74, 6) is 2.75. The molecule has 104 valence electrons. The SMILES string of the molecule is CSCC(C)Cn1c(C(C)Cl)nc2c(C)cccc21. The minimum atomic E-state index is -0.0618. The summed E-state index contributed by atoms with van der Waals surface area (Å²) in [7, 11) is 0. The number of fused-ring (bicyclic) bond motifs is 1. The van der Waals surface area contributed by atoms with E-state index in [1.54, 1.807) is 0 Å². The first kappa shape index (κ1) is 14.7. The molecule has 2 atom stereocenters. The van der Waals surface area contributed by atoms with Crippen molar-refractivity contribution in [2.24, 2.45) is 5.92 Å². The number of nitrogens with zero attached hydrogens (tertiary/aromatic N) is 2. The van der Waals surface area contributed by atoms with Crippen LogP contribution in [0.15, 0.2) is 18.2 Å². The van der Waals surface area contributed by atoms with Crippen molar-refractivity contribution in [1.29, 1.82) is 0 Å². The maximum Gasteiger partial charge on any atom is 0.127 e. The first-order chi connectivity index (χ1) is 9.04. The Labute approximate surface area is 124 Å². The molecule has 2 unspecified atom stereocenters. The van der Waals surface area contributed by atoms with Gasteiger partial charge in [0, 0.05) is 6.54 Å². The molecule has 0 saturated carbocycles. The fraction of sp³-hybridized carbons (Fsp3) is 0.533. The number of halogens is 1. The van der Waals surface area contributed by atoms with Crippen molar-refractivity contribution < 1.29 is 0 Å². The van der Waals surface area contributed by atoms with Crippen LogP contribution in [0.2, 0.25) is 0 Å². The summed E-state index contributed by atoms with van der Waals surface area (Å²) in [6.07, 6.45) is 2.15. The number of para-hydroxylation sites is 1. The highest BCUT2D eigenvalue weighted by molar-refractivity contribution is 7.98. The fourth-order valence-corrected chi connectivity index (χ4v) is 3.29. The van der Waals surface area contributed by atoms with Crippen molar-refractivity contribution in [3.8, 4) is 0 Å². The van der Waals surface area contributed by atoms with Crippen molar-refractivity contribution in [1.82, 2.24) is 9.55 Å². The Hall–Kier alpha value is -0.670. The van der Waals surface area contributed by atoms with E-state index in [0.717, 1.165) is 23.6 Å². The minimum absolute atomic E-state index is 0.0618. The Kier molecular flexibility index (Phi) is 4.80. The lowest BCUT2D eigenvalue weighted by atomic mass is 10.2. The quantitative estimate of drug-likeness (QED) is 0.748. The zero-order valence-electron chi connectivity index (χ0n) is 12.0. The molecule has 2 aromatic rings. The van der Waals surface area contributed by atoms with Crippen molar-refractivity contribution in [2.45, 2.75) is 32.7 Å². The lowest BCUT2D eigenvalue weighted by Gasteiger charge is -2.15. The van der Waals surface area contributed by atoms with E-state index in [9.17, 15) is 0 Å². The number of aryl methyl sites for hydroxylation is 1. The number of hydrogen-bond acceptors (Lipinski definition) is 2. The van der Waals surface area contributed by atoms with E-state index in [2.05, 4.69) is 42.9 Å². The number of rotatable bonds is 5. The Bertz CT molecular complexity index is 563. The van der Waals surface area contributed by atoms with E-state index in [0.29, 0.717) is 5.92 Å². The van der Waals surface area contributed by atoms with Crippen LogP contribution in [0.5, 0.6) is 0 Å². The molecule has 0 aliphatic carbocycles. The van der Waals surface area contributed by atoms with Crippen LogP contribution in [-0.2, 0) is 6.54 Å². The second kappa shape index (κ2) is 6.19. The van der Waals surface area contributed by atoms with Gasteiger partial charge in [-0.05, 0) is 43.4 Å². The molecule has 2 nitrogen and oxygen atoms in total. The van der Waals surface area contributed by atoms with E-state index in [4.69, 9.17) is 16.6 Å². The first-order valence-electron chi connectivity index (χ1n) is 6.63. The molecule has 1 aromatic heterocycles. The monoisotopic (exact) mass is 296 g/mol. The molecule has 19 heavy (non-hydrogen) atoms. The van der Waals surface area contributed by atoms with Gasteiger partial charge in [-0.2, -0.15) is 11.8 Å². The van der Waals surface area contributed by atoms with Crippen molar-refractivity contribution >= 4 is 34.4 Å². The van der Waals surface area contributed by atoms with Crippen LogP contribution in [-0.4, -0.2) is 21.6 Å². The number of thioether (sulfide) groups is 1. The fourth-order valence-electron chi connectivity index (χ4n) is 2.45. The van der Waals surface area contributed by atoms with Gasteiger partial charge in [0.05, 0.1) is 16.4 Å². The van der Waals surface area contributed by atoms with Gasteiger partial charge in [-0.1, -0.05) is 19.1 Å². The number of alkyl halides is 1. The van der Waals surface area contributed by atoms with Crippen LogP contribution in [0.4, 0.5) is 0 Å². The van der Waals surface area contributed by atoms with E-state index in [1.165, 1.54) is 11.1 Å². The molecule has 1 aromatic carbocycles. The van der Waals surface area contributed by atoms with Crippen molar-refractivity contribution in [3.05, 3.63) is 29.6 Å². The first-order valence-corrected chi connectivity index (χ1v) is 8.46. The van der Waals surface area contributed by atoms with Gasteiger partial charge in [-0.3, -0.25) is 0 Å². The molecule has 2 rings (SSSR count). The summed E-state index contributed by atoms with van der Waals surface area (Å²) < 4.78 is 2.29. The standard InChI is InChI=1S/C15H21ClN2S/c1-10(9-19-4)8-18-13-7-5-6-11(2)14(13)17-15(18)12(3)16/h5-7,10,12H,8-9H2,1-4H3. The largest absolute Gasteiger partial charge is 0.326 e. The van der Waals surface area contributed by atoms with Gasteiger partial charge in [-0.15, -0.1) is 11.6 Å². The normalized spacial score (nSPS) is 14.8. The van der Waals surface area contributed by atoms with Crippen LogP contribution < -0.4 is 0 Å². The zero-order chi connectivity index (χ0) is 14.0. The topological polar surface area (TPSA) is 17.8 Å². The Morgan fingerprint density at radius 1 is 1.37 bits per heavy atom. The Morgan fingerprint density at radius 2 is 2.11 bits per heavy atom. The average Bonchev–Trinajstić information content (AvgIpc) is 2.70. The molecular weight excluding hydrogens is 276 g/mol. The predicted octanol–water partition coefficient (Wildman–Crippen LogP) is 4.64. The van der Waals surface area contributed by atoms with E-state index < -0.39 is 0 Å². The van der Waals surface area contributed by atoms with E-state index >= 15 is 0 Å². The molecule has 0 amide bonds. The lowest BCUT2D eigenvalue weighted by molar-refractivity contribution is 0.524. The highest BCUT2D eigenvalue weighted by atomic mass is 35.5. The third-order valence-corrected chi connectivity index (χ3v) is 4.41. The summed E-state index contributed by atoms with van der Waals surface area (Å²) in [5.41, 5.74) is 3.50. The number of hydrogen-bond donors (Lipinski definition) is 0. The molecule has 1 heterocycles. The maximum atomic E-state index is 6.30. The molecule has 0 radical (unpaired) electrons. The molecule has 0 aliphatic heterocycles. The van der Waals surface area contributed by atoms with Crippen LogP contribution in [0, 0.1) is 12.8 Å². The minimum Gasteiger partial charge on any atom is -0.326 e. The van der Waals surface area contributed by atoms with Crippen LogP contribution in [0.3, 0.4) is 0 Å². The Balaban J connectivity index is 2.49. The zero-order valence-corrected chi connectivity index (χ0v) is 13.6. The summed E-state index contributed by atoms with van der Waals surface area (Å²) in [5, 5.41) is -0.0618. The number of imidazole rings is 1. The summed E-state index contributed by atoms with van der Waals surface area (Å²) in [6, 6.07) is 6.34. The highest BCUT2D eigenvalue weighted by Crippen LogP contribution is 2.27. The van der Waals surface area contributed by atoms with Crippen molar-refractivity contribution in [3.63, 3.8) is 0 Å². The van der Waals surface area contributed by atoms with Gasteiger partial charge in [0.25, 0.3) is 0 Å². The molecule has 0 spiro atoms. The maximum absolute atomic E-state index is 6.30. The molecule has 0 N–H and O–H groups in total. The van der Waals surface area contributed by atoms with E-state index in [1.807, 2.05) is 18.7 Å². The smallest absolute Gasteiger partial charge is 0.127 e. The van der Waals surface area contributed by atoms with E-state index in [-0.39, 0.29) is 5.38 Å². The molecule has 0 fully saturated rings. The van der Waals surface area contributed by atoms with Gasteiger partial charge >= 0.3 is 0 Å². The molecule has 0 saturated heterocycles. The molecule has 0 bridgehead atoms. The van der Waals surface area contributed by atoms with Crippen LogP contribution in [0.25, 0.3) is 11.0 Å². The second-order valence-electron chi connectivity index (χ2n) is 5.20. The number of aromatic nitrogens is 2. The Morgan fingerprint density at radius 3 is 2.74 bits per heavy atom. The summed E-state index contributed by atoms with van der Waals surface area (Å²) in [4.78, 5) is 4.75. The second-order valence-corrected chi connectivity index (χ2v) is 6.77. The third kappa shape index (κ3) is 3.09. The highest BCUT2D eigenvalue weighted by Gasteiger charge is 2.17. The third-order valence-electron chi connectivity index (χ3n) is 3.31. The van der Waals surface area contributed by atoms with Gasteiger partial charge in [0.1, 0.15) is 5.82 Å². The summed E-state index contributed by atoms with van der Waals surface area (Å²) in [6.45, 7) is 7.36. The van der Waals surface area contributed by atoms with Gasteiger partial charge in [0.2, 0.25) is 0 Å². The molecule has 0 aliphatic rings. The van der Waals surface area contributed by atoms with Crippen LogP contribution in [0.1, 0.15) is 30.6 Å². The summed E-state index contributed by atoms with van der Waals surface area (Å²) >= 11 is 8.19. The molecular formula is C15H21ClN2S. The van der Waals surface area contributed by atoms with Crippen LogP contribution >= 0.6 is 23.4 Å². The predicted molar refractivity (Wildman–Crippen MR) is 86.3 cm³/mol. The van der Waals surface area contributed by atoms with Crippen molar-refractivity contribution in [2.75, 3.05) is 12.0 Å². The van der Waals surface area contributed by atoms with Gasteiger partial charge in [-0.25, -0.2) is 4.98 Å².